The minimum atomic E-state index is -0.366. The molecule has 116 valence electrons. The SMILES string of the molecule is C[C@@H]1CN(Cc2ccc(-c3ccc([N+](=O)[O-])cc3)s2)CCN1. The van der Waals surface area contributed by atoms with Gasteiger partial charge in [0.15, 0.2) is 0 Å². The molecule has 5 nitrogen and oxygen atoms in total. The molecule has 0 saturated carbocycles. The Morgan fingerprint density at radius 3 is 2.77 bits per heavy atom. The second-order valence-corrected chi connectivity index (χ2v) is 6.83. The molecule has 0 aliphatic carbocycles. The first-order chi connectivity index (χ1) is 10.6. The number of nitrogens with zero attached hydrogens (tertiary/aromatic N) is 2. The van der Waals surface area contributed by atoms with Crippen molar-refractivity contribution in [2.24, 2.45) is 0 Å². The van der Waals surface area contributed by atoms with Crippen LogP contribution < -0.4 is 5.32 Å². The Labute approximate surface area is 133 Å². The summed E-state index contributed by atoms with van der Waals surface area (Å²) in [6.07, 6.45) is 0. The van der Waals surface area contributed by atoms with Crippen LogP contribution >= 0.6 is 11.3 Å². The van der Waals surface area contributed by atoms with E-state index in [1.807, 2.05) is 12.1 Å². The third-order valence-electron chi connectivity index (χ3n) is 3.86. The number of benzene rings is 1. The minimum absolute atomic E-state index is 0.135. The van der Waals surface area contributed by atoms with Gasteiger partial charge in [-0.25, -0.2) is 0 Å². The lowest BCUT2D eigenvalue weighted by atomic mass is 10.2. The largest absolute Gasteiger partial charge is 0.312 e. The molecule has 1 aliphatic rings. The van der Waals surface area contributed by atoms with Gasteiger partial charge in [0.25, 0.3) is 5.69 Å². The smallest absolute Gasteiger partial charge is 0.269 e. The molecule has 0 unspecified atom stereocenters. The first-order valence-corrected chi connectivity index (χ1v) is 8.23. The minimum Gasteiger partial charge on any atom is -0.312 e. The van der Waals surface area contributed by atoms with Crippen molar-refractivity contribution in [2.75, 3.05) is 19.6 Å². The average Bonchev–Trinajstić information content (AvgIpc) is 2.96. The Balaban J connectivity index is 1.69. The van der Waals surface area contributed by atoms with E-state index in [4.69, 9.17) is 0 Å². The summed E-state index contributed by atoms with van der Waals surface area (Å²) in [6, 6.07) is 11.6. The highest BCUT2D eigenvalue weighted by Gasteiger charge is 2.16. The van der Waals surface area contributed by atoms with Crippen LogP contribution in [0.3, 0.4) is 0 Å². The first-order valence-electron chi connectivity index (χ1n) is 7.41. The summed E-state index contributed by atoms with van der Waals surface area (Å²) >= 11 is 1.76. The highest BCUT2D eigenvalue weighted by Crippen LogP contribution is 2.30. The predicted octanol–water partition coefficient (Wildman–Crippen LogP) is 3.12. The molecular formula is C16H19N3O2S. The van der Waals surface area contributed by atoms with Gasteiger partial charge >= 0.3 is 0 Å². The third-order valence-corrected chi connectivity index (χ3v) is 4.98. The number of thiophene rings is 1. The topological polar surface area (TPSA) is 58.4 Å². The summed E-state index contributed by atoms with van der Waals surface area (Å²) in [5.41, 5.74) is 1.17. The Bertz CT molecular complexity index is 654. The molecule has 0 spiro atoms. The molecule has 0 radical (unpaired) electrons. The van der Waals surface area contributed by atoms with E-state index in [0.29, 0.717) is 6.04 Å². The van der Waals surface area contributed by atoms with Crippen molar-refractivity contribution in [1.82, 2.24) is 10.2 Å². The van der Waals surface area contributed by atoms with E-state index in [2.05, 4.69) is 29.3 Å². The molecule has 1 atom stereocenters. The van der Waals surface area contributed by atoms with Gasteiger partial charge in [0.2, 0.25) is 0 Å². The predicted molar refractivity (Wildman–Crippen MR) is 89.2 cm³/mol. The standard InChI is InChI=1S/C16H19N3O2S/c1-12-10-18(9-8-17-12)11-15-6-7-16(22-15)13-2-4-14(5-3-13)19(20)21/h2-7,12,17H,8-11H2,1H3/t12-/m1/s1. The number of rotatable bonds is 4. The normalized spacial score (nSPS) is 19.2. The second kappa shape index (κ2) is 6.56. The molecule has 22 heavy (non-hydrogen) atoms. The summed E-state index contributed by atoms with van der Waals surface area (Å²) in [5.74, 6) is 0. The lowest BCUT2D eigenvalue weighted by Gasteiger charge is -2.31. The Kier molecular flexibility index (Phi) is 4.52. The van der Waals surface area contributed by atoms with Gasteiger partial charge in [-0.1, -0.05) is 0 Å². The molecule has 1 saturated heterocycles. The zero-order chi connectivity index (χ0) is 15.5. The maximum atomic E-state index is 10.7. The van der Waals surface area contributed by atoms with Gasteiger partial charge in [0.1, 0.15) is 0 Å². The van der Waals surface area contributed by atoms with Crippen LogP contribution in [0.1, 0.15) is 11.8 Å². The molecule has 0 amide bonds. The number of nitro groups is 1. The Morgan fingerprint density at radius 2 is 2.09 bits per heavy atom. The molecule has 1 N–H and O–H groups in total. The van der Waals surface area contributed by atoms with Crippen molar-refractivity contribution in [1.29, 1.82) is 0 Å². The van der Waals surface area contributed by atoms with E-state index in [9.17, 15) is 10.1 Å². The van der Waals surface area contributed by atoms with Gasteiger partial charge in [0, 0.05) is 54.1 Å². The maximum Gasteiger partial charge on any atom is 0.269 e. The van der Waals surface area contributed by atoms with Crippen molar-refractivity contribution in [3.63, 3.8) is 0 Å². The van der Waals surface area contributed by atoms with Crippen molar-refractivity contribution in [3.05, 3.63) is 51.4 Å². The molecule has 2 heterocycles. The van der Waals surface area contributed by atoms with E-state index < -0.39 is 0 Å². The molecule has 1 aliphatic heterocycles. The van der Waals surface area contributed by atoms with E-state index in [-0.39, 0.29) is 10.6 Å². The van der Waals surface area contributed by atoms with Crippen molar-refractivity contribution in [2.45, 2.75) is 19.5 Å². The quantitative estimate of drug-likeness (QED) is 0.695. The number of hydrogen-bond acceptors (Lipinski definition) is 5. The van der Waals surface area contributed by atoms with Crippen molar-refractivity contribution >= 4 is 17.0 Å². The third kappa shape index (κ3) is 3.52. The van der Waals surface area contributed by atoms with Gasteiger partial charge in [-0.2, -0.15) is 0 Å². The zero-order valence-corrected chi connectivity index (χ0v) is 13.3. The second-order valence-electron chi connectivity index (χ2n) is 5.66. The van der Waals surface area contributed by atoms with Crippen LogP contribution in [0.5, 0.6) is 0 Å². The van der Waals surface area contributed by atoms with Crippen LogP contribution in [0, 0.1) is 10.1 Å². The van der Waals surface area contributed by atoms with Gasteiger partial charge in [-0.3, -0.25) is 15.0 Å². The number of non-ortho nitro benzene ring substituents is 1. The van der Waals surface area contributed by atoms with Crippen molar-refractivity contribution in [3.8, 4) is 10.4 Å². The fourth-order valence-corrected chi connectivity index (χ4v) is 3.80. The van der Waals surface area contributed by atoms with Crippen molar-refractivity contribution < 1.29 is 4.92 Å². The molecule has 6 heteroatoms. The van der Waals surface area contributed by atoms with Crippen LogP contribution in [0.15, 0.2) is 36.4 Å². The number of piperazine rings is 1. The number of nitrogens with one attached hydrogen (secondary N) is 1. The molecular weight excluding hydrogens is 298 g/mol. The summed E-state index contributed by atoms with van der Waals surface area (Å²) in [7, 11) is 0. The van der Waals surface area contributed by atoms with Gasteiger partial charge in [0.05, 0.1) is 4.92 Å². The van der Waals surface area contributed by atoms with Gasteiger partial charge < -0.3 is 5.32 Å². The van der Waals surface area contributed by atoms with E-state index in [1.54, 1.807) is 23.5 Å². The molecule has 1 aromatic heterocycles. The molecule has 1 fully saturated rings. The monoisotopic (exact) mass is 317 g/mol. The van der Waals surface area contributed by atoms with E-state index in [1.165, 1.54) is 4.88 Å². The highest BCUT2D eigenvalue weighted by atomic mass is 32.1. The fourth-order valence-electron chi connectivity index (χ4n) is 2.74. The Morgan fingerprint density at radius 1 is 1.32 bits per heavy atom. The molecule has 0 bridgehead atoms. The molecule has 1 aromatic carbocycles. The Hall–Kier alpha value is -1.76. The molecule has 3 rings (SSSR count). The van der Waals surface area contributed by atoms with Gasteiger partial charge in [-0.05, 0) is 36.8 Å². The summed E-state index contributed by atoms with van der Waals surface area (Å²) in [5, 5.41) is 14.1. The summed E-state index contributed by atoms with van der Waals surface area (Å²) < 4.78 is 0. The zero-order valence-electron chi connectivity index (χ0n) is 12.5. The van der Waals surface area contributed by atoms with Crippen LogP contribution in [-0.2, 0) is 6.54 Å². The fraction of sp³-hybridized carbons (Fsp3) is 0.375. The van der Waals surface area contributed by atoms with Crippen LogP contribution in [-0.4, -0.2) is 35.5 Å². The molecule has 2 aromatic rings. The average molecular weight is 317 g/mol. The first kappa shape index (κ1) is 15.1. The number of hydrogen-bond donors (Lipinski definition) is 1. The van der Waals surface area contributed by atoms with Crippen LogP contribution in [0.2, 0.25) is 0 Å². The number of nitro benzene ring substituents is 1. The highest BCUT2D eigenvalue weighted by molar-refractivity contribution is 7.15. The lowest BCUT2D eigenvalue weighted by Crippen LogP contribution is -2.48. The van der Waals surface area contributed by atoms with E-state index in [0.717, 1.165) is 36.6 Å². The summed E-state index contributed by atoms with van der Waals surface area (Å²) in [6.45, 7) is 6.38. The van der Waals surface area contributed by atoms with Crippen LogP contribution in [0.25, 0.3) is 10.4 Å². The summed E-state index contributed by atoms with van der Waals surface area (Å²) in [4.78, 5) is 15.3. The van der Waals surface area contributed by atoms with E-state index >= 15 is 0 Å². The van der Waals surface area contributed by atoms with Gasteiger partial charge in [-0.15, -0.1) is 11.3 Å². The maximum absolute atomic E-state index is 10.7. The lowest BCUT2D eigenvalue weighted by molar-refractivity contribution is -0.384. The van der Waals surface area contributed by atoms with Crippen LogP contribution in [0.4, 0.5) is 5.69 Å².